The Labute approximate surface area is 153 Å². The maximum Gasteiger partial charge on any atom is 0.165 e. The fraction of sp³-hybridized carbons (Fsp3) is 0.429. The molecule has 1 aliphatic heterocycles. The SMILES string of the molecule is COc1cc2c(cc1F)CC(CN1CCC1)C2Cc1cccc(Cl)c1. The summed E-state index contributed by atoms with van der Waals surface area (Å²) in [5, 5.41) is 0.770. The highest BCUT2D eigenvalue weighted by atomic mass is 35.5. The highest BCUT2D eigenvalue weighted by molar-refractivity contribution is 6.30. The van der Waals surface area contributed by atoms with Crippen molar-refractivity contribution in [2.75, 3.05) is 26.7 Å². The number of likely N-dealkylation sites (tertiary alicyclic amines) is 1. The Hall–Kier alpha value is -1.58. The number of hydrogen-bond donors (Lipinski definition) is 0. The van der Waals surface area contributed by atoms with Crippen LogP contribution < -0.4 is 4.74 Å². The van der Waals surface area contributed by atoms with Crippen molar-refractivity contribution in [3.63, 3.8) is 0 Å². The lowest BCUT2D eigenvalue weighted by Crippen LogP contribution is -2.41. The van der Waals surface area contributed by atoms with E-state index in [1.165, 1.54) is 37.7 Å². The summed E-state index contributed by atoms with van der Waals surface area (Å²) >= 11 is 6.17. The molecule has 2 unspecified atom stereocenters. The molecule has 0 amide bonds. The van der Waals surface area contributed by atoms with Crippen molar-refractivity contribution in [2.24, 2.45) is 5.92 Å². The molecule has 0 bridgehead atoms. The highest BCUT2D eigenvalue weighted by Crippen LogP contribution is 2.43. The zero-order chi connectivity index (χ0) is 17.4. The number of hydrogen-bond acceptors (Lipinski definition) is 2. The lowest BCUT2D eigenvalue weighted by molar-refractivity contribution is 0.145. The lowest BCUT2D eigenvalue weighted by atomic mass is 9.86. The molecular formula is C21H23ClFNO. The van der Waals surface area contributed by atoms with Crippen LogP contribution in [0.4, 0.5) is 4.39 Å². The molecule has 0 saturated carbocycles. The van der Waals surface area contributed by atoms with Gasteiger partial charge in [0.1, 0.15) is 0 Å². The van der Waals surface area contributed by atoms with Crippen LogP contribution in [0.2, 0.25) is 5.02 Å². The van der Waals surface area contributed by atoms with Gasteiger partial charge >= 0.3 is 0 Å². The molecule has 132 valence electrons. The smallest absolute Gasteiger partial charge is 0.165 e. The fourth-order valence-electron chi connectivity index (χ4n) is 4.25. The standard InChI is InChI=1S/C21H23ClFNO/c1-25-21-12-19-15(11-20(21)23)10-16(13-24-6-3-7-24)18(19)9-14-4-2-5-17(22)8-14/h2,4-5,8,11-12,16,18H,3,6-7,9-10,13H2,1H3. The van der Waals surface area contributed by atoms with Gasteiger partial charge in [-0.3, -0.25) is 0 Å². The van der Waals surface area contributed by atoms with Crippen LogP contribution in [0, 0.1) is 11.7 Å². The highest BCUT2D eigenvalue weighted by Gasteiger charge is 2.35. The number of benzene rings is 2. The molecule has 2 atom stereocenters. The van der Waals surface area contributed by atoms with Crippen molar-refractivity contribution in [2.45, 2.75) is 25.2 Å². The first kappa shape index (κ1) is 16.9. The number of ether oxygens (including phenoxy) is 1. The Balaban J connectivity index is 1.66. The van der Waals surface area contributed by atoms with Crippen LogP contribution in [0.5, 0.6) is 5.75 Å². The Kier molecular flexibility index (Phi) is 4.70. The van der Waals surface area contributed by atoms with E-state index in [2.05, 4.69) is 11.0 Å². The zero-order valence-corrected chi connectivity index (χ0v) is 15.2. The van der Waals surface area contributed by atoms with E-state index in [9.17, 15) is 4.39 Å². The molecule has 0 radical (unpaired) electrons. The average Bonchev–Trinajstić information content (AvgIpc) is 2.86. The first-order valence-corrected chi connectivity index (χ1v) is 9.35. The van der Waals surface area contributed by atoms with Crippen LogP contribution in [0.1, 0.15) is 29.0 Å². The van der Waals surface area contributed by atoms with Crippen LogP contribution >= 0.6 is 11.6 Å². The van der Waals surface area contributed by atoms with Gasteiger partial charge in [-0.15, -0.1) is 0 Å². The average molecular weight is 360 g/mol. The minimum absolute atomic E-state index is 0.257. The third kappa shape index (κ3) is 3.40. The Bertz CT molecular complexity index is 774. The number of fused-ring (bicyclic) bond motifs is 1. The van der Waals surface area contributed by atoms with E-state index in [0.29, 0.717) is 17.6 Å². The third-order valence-electron chi connectivity index (χ3n) is 5.65. The van der Waals surface area contributed by atoms with E-state index in [0.717, 1.165) is 30.0 Å². The molecular weight excluding hydrogens is 337 g/mol. The van der Waals surface area contributed by atoms with Crippen LogP contribution in [0.3, 0.4) is 0 Å². The van der Waals surface area contributed by atoms with E-state index in [1.807, 2.05) is 24.3 Å². The van der Waals surface area contributed by atoms with Crippen LogP contribution in [0.15, 0.2) is 36.4 Å². The monoisotopic (exact) mass is 359 g/mol. The van der Waals surface area contributed by atoms with Gasteiger partial charge in [-0.25, -0.2) is 4.39 Å². The van der Waals surface area contributed by atoms with E-state index < -0.39 is 0 Å². The minimum atomic E-state index is -0.257. The third-order valence-corrected chi connectivity index (χ3v) is 5.89. The zero-order valence-electron chi connectivity index (χ0n) is 14.5. The van der Waals surface area contributed by atoms with Gasteiger partial charge in [-0.2, -0.15) is 0 Å². The normalized spacial score (nSPS) is 22.5. The molecule has 2 aromatic carbocycles. The molecule has 0 spiro atoms. The van der Waals surface area contributed by atoms with E-state index >= 15 is 0 Å². The van der Waals surface area contributed by atoms with Gasteiger partial charge < -0.3 is 9.64 Å². The summed E-state index contributed by atoms with van der Waals surface area (Å²) in [5.74, 6) is 0.983. The van der Waals surface area contributed by atoms with Crippen molar-refractivity contribution in [3.8, 4) is 5.75 Å². The van der Waals surface area contributed by atoms with Gasteiger partial charge in [0.05, 0.1) is 7.11 Å². The summed E-state index contributed by atoms with van der Waals surface area (Å²) in [7, 11) is 1.53. The maximum absolute atomic E-state index is 14.2. The molecule has 1 aliphatic carbocycles. The molecule has 1 heterocycles. The van der Waals surface area contributed by atoms with Crippen LogP contribution in [-0.4, -0.2) is 31.6 Å². The summed E-state index contributed by atoms with van der Waals surface area (Å²) in [6, 6.07) is 11.7. The molecule has 4 heteroatoms. The summed E-state index contributed by atoms with van der Waals surface area (Å²) in [4.78, 5) is 2.51. The van der Waals surface area contributed by atoms with Crippen molar-refractivity contribution in [1.82, 2.24) is 4.90 Å². The molecule has 2 nitrogen and oxygen atoms in total. The largest absolute Gasteiger partial charge is 0.494 e. The lowest BCUT2D eigenvalue weighted by Gasteiger charge is -2.35. The van der Waals surface area contributed by atoms with Gasteiger partial charge in [0, 0.05) is 11.6 Å². The molecule has 0 N–H and O–H groups in total. The Morgan fingerprint density at radius 2 is 2.08 bits per heavy atom. The van der Waals surface area contributed by atoms with Crippen molar-refractivity contribution < 1.29 is 9.13 Å². The topological polar surface area (TPSA) is 12.5 Å². The Morgan fingerprint density at radius 3 is 2.76 bits per heavy atom. The summed E-state index contributed by atoms with van der Waals surface area (Å²) in [5.41, 5.74) is 3.61. The van der Waals surface area contributed by atoms with Crippen LogP contribution in [0.25, 0.3) is 0 Å². The van der Waals surface area contributed by atoms with E-state index in [4.69, 9.17) is 16.3 Å². The fourth-order valence-corrected chi connectivity index (χ4v) is 4.46. The number of rotatable bonds is 5. The molecule has 2 aromatic rings. The number of methoxy groups -OCH3 is 1. The summed E-state index contributed by atoms with van der Waals surface area (Å²) in [6.45, 7) is 3.46. The predicted molar refractivity (Wildman–Crippen MR) is 99.1 cm³/mol. The summed E-state index contributed by atoms with van der Waals surface area (Å²) < 4.78 is 19.4. The molecule has 25 heavy (non-hydrogen) atoms. The summed E-state index contributed by atoms with van der Waals surface area (Å²) in [6.07, 6.45) is 3.17. The maximum atomic E-state index is 14.2. The van der Waals surface area contributed by atoms with Gasteiger partial charge in [-0.1, -0.05) is 23.7 Å². The Morgan fingerprint density at radius 1 is 1.24 bits per heavy atom. The second-order valence-electron chi connectivity index (χ2n) is 7.24. The van der Waals surface area contributed by atoms with E-state index in [1.54, 1.807) is 6.07 Å². The van der Waals surface area contributed by atoms with Crippen molar-refractivity contribution >= 4 is 11.6 Å². The van der Waals surface area contributed by atoms with Crippen LogP contribution in [-0.2, 0) is 12.8 Å². The molecule has 1 fully saturated rings. The molecule has 2 aliphatic rings. The number of halogens is 2. The molecule has 1 saturated heterocycles. The van der Waals surface area contributed by atoms with Crippen molar-refractivity contribution in [1.29, 1.82) is 0 Å². The van der Waals surface area contributed by atoms with Crippen molar-refractivity contribution in [3.05, 3.63) is 63.9 Å². The van der Waals surface area contributed by atoms with Gasteiger partial charge in [0.25, 0.3) is 0 Å². The quantitative estimate of drug-likeness (QED) is 0.767. The predicted octanol–water partition coefficient (Wildman–Crippen LogP) is 4.69. The molecule has 4 rings (SSSR count). The minimum Gasteiger partial charge on any atom is -0.494 e. The second kappa shape index (κ2) is 6.97. The first-order chi connectivity index (χ1) is 12.1. The van der Waals surface area contributed by atoms with Gasteiger partial charge in [0.2, 0.25) is 0 Å². The van der Waals surface area contributed by atoms with E-state index in [-0.39, 0.29) is 5.82 Å². The van der Waals surface area contributed by atoms with Gasteiger partial charge in [-0.05, 0) is 85.1 Å². The van der Waals surface area contributed by atoms with Gasteiger partial charge in [0.15, 0.2) is 11.6 Å². The molecule has 0 aromatic heterocycles. The number of nitrogens with zero attached hydrogens (tertiary/aromatic N) is 1. The first-order valence-electron chi connectivity index (χ1n) is 8.97. The second-order valence-corrected chi connectivity index (χ2v) is 7.68.